The Morgan fingerprint density at radius 2 is 2.05 bits per heavy atom. The summed E-state index contributed by atoms with van der Waals surface area (Å²) in [4.78, 5) is 1.47. The summed E-state index contributed by atoms with van der Waals surface area (Å²) in [7, 11) is 0. The summed E-state index contributed by atoms with van der Waals surface area (Å²) in [6.07, 6.45) is 4.05. The van der Waals surface area contributed by atoms with E-state index in [0.29, 0.717) is 6.04 Å². The average Bonchev–Trinajstić information content (AvgIpc) is 2.37. The maximum atomic E-state index is 3.69. The first kappa shape index (κ1) is 14.9. The number of hydrogen-bond acceptors (Lipinski definition) is 2. The van der Waals surface area contributed by atoms with E-state index in [1.165, 1.54) is 35.3 Å². The second kappa shape index (κ2) is 6.81. The van der Waals surface area contributed by atoms with Gasteiger partial charge in [0.15, 0.2) is 0 Å². The van der Waals surface area contributed by atoms with Crippen LogP contribution in [0.4, 0.5) is 0 Å². The van der Waals surface area contributed by atoms with Gasteiger partial charge in [-0.2, -0.15) is 0 Å². The number of rotatable bonds is 4. The predicted molar refractivity (Wildman–Crippen MR) is 86.0 cm³/mol. The van der Waals surface area contributed by atoms with Crippen LogP contribution in [0.5, 0.6) is 0 Å². The second-order valence-corrected chi connectivity index (χ2v) is 7.29. The molecule has 0 radical (unpaired) electrons. The minimum absolute atomic E-state index is 0.686. The molecular formula is C17H27NS. The van der Waals surface area contributed by atoms with Gasteiger partial charge in [-0.25, -0.2) is 0 Å². The SMILES string of the molecule is CCNC1CCC(C)CC1Sc1cc(C)ccc1C. The molecule has 0 saturated heterocycles. The van der Waals surface area contributed by atoms with E-state index in [4.69, 9.17) is 0 Å². The molecule has 0 amide bonds. The van der Waals surface area contributed by atoms with E-state index in [-0.39, 0.29) is 0 Å². The zero-order valence-corrected chi connectivity index (χ0v) is 13.5. The molecule has 1 nitrogen and oxygen atoms in total. The Morgan fingerprint density at radius 3 is 2.79 bits per heavy atom. The third kappa shape index (κ3) is 4.00. The summed E-state index contributed by atoms with van der Waals surface area (Å²) in [5, 5.41) is 4.41. The van der Waals surface area contributed by atoms with Crippen molar-refractivity contribution in [3.63, 3.8) is 0 Å². The van der Waals surface area contributed by atoms with Gasteiger partial charge in [0.05, 0.1) is 0 Å². The molecular weight excluding hydrogens is 250 g/mol. The maximum Gasteiger partial charge on any atom is 0.0251 e. The van der Waals surface area contributed by atoms with Crippen molar-refractivity contribution in [3.05, 3.63) is 29.3 Å². The number of aryl methyl sites for hydroxylation is 2. The first-order valence-corrected chi connectivity index (χ1v) is 8.45. The minimum atomic E-state index is 0.686. The molecule has 2 rings (SSSR count). The zero-order chi connectivity index (χ0) is 13.8. The molecule has 1 aromatic rings. The molecule has 0 bridgehead atoms. The summed E-state index contributed by atoms with van der Waals surface area (Å²) in [6.45, 7) is 10.1. The molecule has 1 aromatic carbocycles. The fourth-order valence-electron chi connectivity index (χ4n) is 2.95. The molecule has 3 unspecified atom stereocenters. The molecule has 0 aliphatic heterocycles. The second-order valence-electron chi connectivity index (χ2n) is 6.01. The fourth-order valence-corrected chi connectivity index (χ4v) is 4.61. The molecule has 0 aromatic heterocycles. The molecule has 1 aliphatic rings. The van der Waals surface area contributed by atoms with Crippen LogP contribution in [0.1, 0.15) is 44.2 Å². The van der Waals surface area contributed by atoms with Crippen LogP contribution in [0.25, 0.3) is 0 Å². The molecule has 0 spiro atoms. The zero-order valence-electron chi connectivity index (χ0n) is 12.7. The molecule has 1 fully saturated rings. The summed E-state index contributed by atoms with van der Waals surface area (Å²) in [5.74, 6) is 0.873. The van der Waals surface area contributed by atoms with Gasteiger partial charge < -0.3 is 5.32 Å². The smallest absolute Gasteiger partial charge is 0.0251 e. The first-order valence-electron chi connectivity index (χ1n) is 7.57. The molecule has 1 saturated carbocycles. The van der Waals surface area contributed by atoms with E-state index < -0.39 is 0 Å². The monoisotopic (exact) mass is 277 g/mol. The number of nitrogens with one attached hydrogen (secondary N) is 1. The van der Waals surface area contributed by atoms with Gasteiger partial charge in [-0.3, -0.25) is 0 Å². The largest absolute Gasteiger partial charge is 0.313 e. The Hall–Kier alpha value is -0.470. The highest BCUT2D eigenvalue weighted by Crippen LogP contribution is 2.37. The Balaban J connectivity index is 2.11. The highest BCUT2D eigenvalue weighted by Gasteiger charge is 2.29. The Morgan fingerprint density at radius 1 is 1.26 bits per heavy atom. The lowest BCUT2D eigenvalue weighted by molar-refractivity contribution is 0.320. The highest BCUT2D eigenvalue weighted by atomic mass is 32.2. The van der Waals surface area contributed by atoms with Crippen molar-refractivity contribution in [1.82, 2.24) is 5.32 Å². The molecule has 19 heavy (non-hydrogen) atoms. The van der Waals surface area contributed by atoms with Crippen molar-refractivity contribution in [2.45, 2.75) is 63.1 Å². The van der Waals surface area contributed by atoms with Crippen molar-refractivity contribution < 1.29 is 0 Å². The van der Waals surface area contributed by atoms with Crippen LogP contribution < -0.4 is 5.32 Å². The van der Waals surface area contributed by atoms with Gasteiger partial charge in [0.2, 0.25) is 0 Å². The lowest BCUT2D eigenvalue weighted by Gasteiger charge is -2.35. The van der Waals surface area contributed by atoms with E-state index in [1.54, 1.807) is 0 Å². The van der Waals surface area contributed by atoms with Crippen LogP contribution in [-0.2, 0) is 0 Å². The average molecular weight is 277 g/mol. The van der Waals surface area contributed by atoms with Crippen LogP contribution in [0, 0.1) is 19.8 Å². The Kier molecular flexibility index (Phi) is 5.35. The van der Waals surface area contributed by atoms with Crippen molar-refractivity contribution in [3.8, 4) is 0 Å². The van der Waals surface area contributed by atoms with Crippen molar-refractivity contribution in [1.29, 1.82) is 0 Å². The van der Waals surface area contributed by atoms with Gasteiger partial charge in [0, 0.05) is 16.2 Å². The Bertz CT molecular complexity index is 416. The molecule has 1 aliphatic carbocycles. The van der Waals surface area contributed by atoms with Gasteiger partial charge in [-0.1, -0.05) is 31.5 Å². The minimum Gasteiger partial charge on any atom is -0.313 e. The molecule has 1 N–H and O–H groups in total. The van der Waals surface area contributed by atoms with E-state index >= 15 is 0 Å². The van der Waals surface area contributed by atoms with Gasteiger partial charge in [0.1, 0.15) is 0 Å². The van der Waals surface area contributed by atoms with Gasteiger partial charge in [0.25, 0.3) is 0 Å². The molecule has 2 heteroatoms. The van der Waals surface area contributed by atoms with E-state index in [0.717, 1.165) is 17.7 Å². The quantitative estimate of drug-likeness (QED) is 0.865. The number of hydrogen-bond donors (Lipinski definition) is 1. The molecule has 106 valence electrons. The Labute approximate surface area is 122 Å². The molecule has 3 atom stereocenters. The van der Waals surface area contributed by atoms with E-state index in [1.807, 2.05) is 0 Å². The van der Waals surface area contributed by atoms with Crippen LogP contribution >= 0.6 is 11.8 Å². The third-order valence-corrected chi connectivity index (χ3v) is 5.66. The topological polar surface area (TPSA) is 12.0 Å². The third-order valence-electron chi connectivity index (χ3n) is 4.14. The van der Waals surface area contributed by atoms with Crippen LogP contribution in [0.3, 0.4) is 0 Å². The summed E-state index contributed by atoms with van der Waals surface area (Å²) in [6, 6.07) is 7.50. The summed E-state index contributed by atoms with van der Waals surface area (Å²) in [5.41, 5.74) is 2.79. The predicted octanol–water partition coefficient (Wildman–Crippen LogP) is 4.56. The van der Waals surface area contributed by atoms with E-state index in [2.05, 4.69) is 63.0 Å². The number of thioether (sulfide) groups is 1. The lowest BCUT2D eigenvalue weighted by Crippen LogP contribution is -2.42. The van der Waals surface area contributed by atoms with E-state index in [9.17, 15) is 0 Å². The van der Waals surface area contributed by atoms with Crippen molar-refractivity contribution in [2.24, 2.45) is 5.92 Å². The van der Waals surface area contributed by atoms with Crippen molar-refractivity contribution in [2.75, 3.05) is 6.54 Å². The summed E-state index contributed by atoms with van der Waals surface area (Å²) >= 11 is 2.09. The summed E-state index contributed by atoms with van der Waals surface area (Å²) < 4.78 is 0. The van der Waals surface area contributed by atoms with Gasteiger partial charge in [-0.05, 0) is 57.2 Å². The van der Waals surface area contributed by atoms with Gasteiger partial charge >= 0.3 is 0 Å². The normalized spacial score (nSPS) is 27.5. The molecule has 0 heterocycles. The van der Waals surface area contributed by atoms with Crippen LogP contribution in [-0.4, -0.2) is 17.8 Å². The fraction of sp³-hybridized carbons (Fsp3) is 0.647. The standard InChI is InChI=1S/C17H27NS/c1-5-18-15-9-7-13(3)11-17(15)19-16-10-12(2)6-8-14(16)4/h6,8,10,13,15,17-18H,5,7,9,11H2,1-4H3. The highest BCUT2D eigenvalue weighted by molar-refractivity contribution is 8.00. The maximum absolute atomic E-state index is 3.69. The van der Waals surface area contributed by atoms with Crippen LogP contribution in [0.2, 0.25) is 0 Å². The van der Waals surface area contributed by atoms with Crippen LogP contribution in [0.15, 0.2) is 23.1 Å². The lowest BCUT2D eigenvalue weighted by atomic mass is 9.87. The number of benzene rings is 1. The van der Waals surface area contributed by atoms with Gasteiger partial charge in [-0.15, -0.1) is 11.8 Å². The first-order chi connectivity index (χ1) is 9.10. The van der Waals surface area contributed by atoms with Crippen molar-refractivity contribution >= 4 is 11.8 Å².